The van der Waals surface area contributed by atoms with E-state index in [1.165, 1.54) is 6.07 Å². The lowest BCUT2D eigenvalue weighted by molar-refractivity contribution is 0.596. The van der Waals surface area contributed by atoms with Crippen molar-refractivity contribution in [3.8, 4) is 0 Å². The van der Waals surface area contributed by atoms with Gasteiger partial charge >= 0.3 is 0 Å². The Kier molecular flexibility index (Phi) is 2.13. The van der Waals surface area contributed by atoms with Gasteiger partial charge in [0.05, 0.1) is 5.69 Å². The van der Waals surface area contributed by atoms with Gasteiger partial charge in [0.1, 0.15) is 4.90 Å². The van der Waals surface area contributed by atoms with Crippen LogP contribution < -0.4 is 16.2 Å². The van der Waals surface area contributed by atoms with Crippen molar-refractivity contribution in [3.63, 3.8) is 0 Å². The number of hydrogen-bond donors (Lipinski definition) is 2. The molecule has 0 fully saturated rings. The second-order valence-corrected chi connectivity index (χ2v) is 4.63. The van der Waals surface area contributed by atoms with Crippen LogP contribution in [0.15, 0.2) is 33.6 Å². The first kappa shape index (κ1) is 9.94. The molecule has 0 amide bonds. The molecule has 1 aromatic carbocycles. The number of nitrogens with two attached hydrogens (primary N) is 1. The molecular formula is C8H10N4O2S. The molecule has 0 aromatic heterocycles. The van der Waals surface area contributed by atoms with Gasteiger partial charge < -0.3 is 4.90 Å². The van der Waals surface area contributed by atoms with Gasteiger partial charge in [0.15, 0.2) is 0 Å². The average molecular weight is 226 g/mol. The number of fused-ring (bicyclic) bond motifs is 1. The van der Waals surface area contributed by atoms with Crippen molar-refractivity contribution in [2.45, 2.75) is 4.90 Å². The maximum atomic E-state index is 11.7. The number of nitrogens with one attached hydrogen (secondary N) is 1. The van der Waals surface area contributed by atoms with Crippen molar-refractivity contribution in [1.29, 1.82) is 0 Å². The van der Waals surface area contributed by atoms with Crippen LogP contribution in [-0.4, -0.2) is 21.4 Å². The molecule has 0 aliphatic carbocycles. The van der Waals surface area contributed by atoms with Crippen LogP contribution in [-0.2, 0) is 10.0 Å². The Morgan fingerprint density at radius 3 is 2.73 bits per heavy atom. The number of rotatable bonds is 0. The number of para-hydroxylation sites is 1. The van der Waals surface area contributed by atoms with Crippen LogP contribution >= 0.6 is 0 Å². The fourth-order valence-electron chi connectivity index (χ4n) is 1.41. The molecule has 0 spiro atoms. The normalized spacial score (nSPS) is 18.0. The summed E-state index contributed by atoms with van der Waals surface area (Å²) in [4.78, 5) is 1.77. The minimum atomic E-state index is -3.63. The molecule has 2 rings (SSSR count). The maximum Gasteiger partial charge on any atom is 0.287 e. The van der Waals surface area contributed by atoms with E-state index in [1.807, 2.05) is 0 Å². The van der Waals surface area contributed by atoms with Gasteiger partial charge in [0.2, 0.25) is 5.96 Å². The summed E-state index contributed by atoms with van der Waals surface area (Å²) in [6.45, 7) is 0. The van der Waals surface area contributed by atoms with Gasteiger partial charge in [-0.1, -0.05) is 12.1 Å². The second kappa shape index (κ2) is 3.21. The number of anilines is 1. The smallest absolute Gasteiger partial charge is 0.287 e. The third kappa shape index (κ3) is 1.45. The summed E-state index contributed by atoms with van der Waals surface area (Å²) >= 11 is 0. The minimum Gasteiger partial charge on any atom is -0.312 e. The van der Waals surface area contributed by atoms with Crippen LogP contribution in [0.3, 0.4) is 0 Å². The van der Waals surface area contributed by atoms with Crippen molar-refractivity contribution in [2.75, 3.05) is 11.9 Å². The molecule has 1 aromatic rings. The van der Waals surface area contributed by atoms with E-state index >= 15 is 0 Å². The van der Waals surface area contributed by atoms with Crippen LogP contribution in [0.2, 0.25) is 0 Å². The summed E-state index contributed by atoms with van der Waals surface area (Å²) in [6.07, 6.45) is 0. The maximum absolute atomic E-state index is 11.7. The van der Waals surface area contributed by atoms with Gasteiger partial charge in [0.25, 0.3) is 10.0 Å². The lowest BCUT2D eigenvalue weighted by Gasteiger charge is -2.25. The Labute approximate surface area is 87.4 Å². The first-order valence-electron chi connectivity index (χ1n) is 4.20. The molecule has 15 heavy (non-hydrogen) atoms. The number of benzene rings is 1. The molecule has 0 saturated heterocycles. The molecule has 3 N–H and O–H groups in total. The molecule has 0 unspecified atom stereocenters. The van der Waals surface area contributed by atoms with E-state index in [4.69, 9.17) is 5.84 Å². The number of guanidine groups is 1. The molecule has 1 aliphatic heterocycles. The number of sulfonamides is 1. The summed E-state index contributed by atoms with van der Waals surface area (Å²) in [5, 5.41) is 0. The summed E-state index contributed by atoms with van der Waals surface area (Å²) in [5.74, 6) is 5.29. The molecule has 1 heterocycles. The first-order valence-corrected chi connectivity index (χ1v) is 5.64. The predicted molar refractivity (Wildman–Crippen MR) is 56.8 cm³/mol. The van der Waals surface area contributed by atoms with Gasteiger partial charge in [-0.05, 0) is 12.1 Å². The summed E-state index contributed by atoms with van der Waals surface area (Å²) in [6, 6.07) is 6.61. The largest absolute Gasteiger partial charge is 0.312 e. The van der Waals surface area contributed by atoms with Crippen molar-refractivity contribution in [3.05, 3.63) is 24.3 Å². The standard InChI is InChI=1S/C8H10N4O2S/c1-12-6-4-2-3-5-7(6)15(13,14)11-8(12)10-9/h2-5H,9H2,1H3,(H,10,11). The van der Waals surface area contributed by atoms with Crippen LogP contribution in [0.1, 0.15) is 0 Å². The van der Waals surface area contributed by atoms with E-state index in [2.05, 4.69) is 9.82 Å². The van der Waals surface area contributed by atoms with E-state index in [-0.39, 0.29) is 10.9 Å². The highest BCUT2D eigenvalue weighted by Crippen LogP contribution is 2.29. The van der Waals surface area contributed by atoms with Crippen LogP contribution in [0.25, 0.3) is 0 Å². The van der Waals surface area contributed by atoms with Crippen molar-refractivity contribution < 1.29 is 8.42 Å². The highest BCUT2D eigenvalue weighted by molar-refractivity contribution is 7.90. The van der Waals surface area contributed by atoms with Gasteiger partial charge in [-0.2, -0.15) is 8.42 Å². The third-order valence-electron chi connectivity index (χ3n) is 2.16. The molecule has 0 saturated carbocycles. The minimum absolute atomic E-state index is 0.105. The molecule has 1 aliphatic rings. The van der Waals surface area contributed by atoms with E-state index < -0.39 is 10.0 Å². The zero-order valence-electron chi connectivity index (χ0n) is 8.01. The van der Waals surface area contributed by atoms with Crippen molar-refractivity contribution in [2.24, 2.45) is 10.2 Å². The lowest BCUT2D eigenvalue weighted by atomic mass is 10.3. The Morgan fingerprint density at radius 1 is 1.40 bits per heavy atom. The third-order valence-corrected chi connectivity index (χ3v) is 3.47. The second-order valence-electron chi connectivity index (χ2n) is 3.06. The number of hydrazine groups is 1. The number of nitrogens with zero attached hydrogens (tertiary/aromatic N) is 2. The molecule has 80 valence electrons. The zero-order chi connectivity index (χ0) is 11.1. The Bertz CT molecular complexity index is 523. The Morgan fingerprint density at radius 2 is 2.07 bits per heavy atom. The highest BCUT2D eigenvalue weighted by Gasteiger charge is 2.27. The Balaban J connectivity index is 2.71. The van der Waals surface area contributed by atoms with E-state index in [0.29, 0.717) is 5.69 Å². The van der Waals surface area contributed by atoms with E-state index in [1.54, 1.807) is 30.1 Å². The van der Waals surface area contributed by atoms with E-state index in [0.717, 1.165) is 0 Å². The van der Waals surface area contributed by atoms with Crippen molar-refractivity contribution >= 4 is 21.7 Å². The molecule has 7 heteroatoms. The quantitative estimate of drug-likeness (QED) is 0.466. The van der Waals surface area contributed by atoms with Gasteiger partial charge in [-0.3, -0.25) is 5.43 Å². The molecule has 0 atom stereocenters. The average Bonchev–Trinajstić information content (AvgIpc) is 2.24. The molecule has 6 nitrogen and oxygen atoms in total. The zero-order valence-corrected chi connectivity index (χ0v) is 8.82. The molecular weight excluding hydrogens is 216 g/mol. The lowest BCUT2D eigenvalue weighted by Crippen LogP contribution is -2.45. The topological polar surface area (TPSA) is 87.8 Å². The highest BCUT2D eigenvalue weighted by atomic mass is 32.2. The predicted octanol–water partition coefficient (Wildman–Crippen LogP) is -0.356. The van der Waals surface area contributed by atoms with Gasteiger partial charge in [-0.15, -0.1) is 4.40 Å². The monoisotopic (exact) mass is 226 g/mol. The molecule has 0 bridgehead atoms. The SMILES string of the molecule is CN1C(NN)=NS(=O)(=O)c2ccccc21. The Hall–Kier alpha value is -1.60. The summed E-state index contributed by atoms with van der Waals surface area (Å²) < 4.78 is 26.9. The molecule has 0 radical (unpaired) electrons. The van der Waals surface area contributed by atoms with Crippen LogP contribution in [0, 0.1) is 0 Å². The summed E-state index contributed by atoms with van der Waals surface area (Å²) in [7, 11) is -1.95. The van der Waals surface area contributed by atoms with Crippen LogP contribution in [0.4, 0.5) is 5.69 Å². The fourth-order valence-corrected chi connectivity index (χ4v) is 2.63. The van der Waals surface area contributed by atoms with Crippen molar-refractivity contribution in [1.82, 2.24) is 5.43 Å². The summed E-state index contributed by atoms with van der Waals surface area (Å²) in [5.41, 5.74) is 2.80. The van der Waals surface area contributed by atoms with Crippen LogP contribution in [0.5, 0.6) is 0 Å². The number of hydrogen-bond acceptors (Lipinski definition) is 5. The first-order chi connectivity index (χ1) is 7.06. The van der Waals surface area contributed by atoms with E-state index in [9.17, 15) is 8.42 Å². The fraction of sp³-hybridized carbons (Fsp3) is 0.125. The van der Waals surface area contributed by atoms with Gasteiger partial charge in [-0.25, -0.2) is 5.84 Å². The van der Waals surface area contributed by atoms with Gasteiger partial charge in [0, 0.05) is 7.05 Å².